The molecule has 0 amide bonds. The van der Waals surface area contributed by atoms with Crippen LogP contribution in [0.3, 0.4) is 0 Å². The predicted molar refractivity (Wildman–Crippen MR) is 70.3 cm³/mol. The minimum Gasteiger partial charge on any atom is -0.507 e. The highest BCUT2D eigenvalue weighted by atomic mass is 16.3. The Balaban J connectivity index is 3.44. The molecule has 0 aliphatic heterocycles. The van der Waals surface area contributed by atoms with Gasteiger partial charge in [0, 0.05) is 0 Å². The summed E-state index contributed by atoms with van der Waals surface area (Å²) in [5.41, 5.74) is 3.45. The van der Waals surface area contributed by atoms with Crippen LogP contribution in [0.1, 0.15) is 64.2 Å². The highest BCUT2D eigenvalue weighted by Gasteiger charge is 2.21. The van der Waals surface area contributed by atoms with Gasteiger partial charge >= 0.3 is 0 Å². The van der Waals surface area contributed by atoms with E-state index in [4.69, 9.17) is 0 Å². The number of benzene rings is 1. The van der Waals surface area contributed by atoms with Gasteiger partial charge in [0.15, 0.2) is 0 Å². The molecule has 1 nitrogen and oxygen atoms in total. The topological polar surface area (TPSA) is 20.2 Å². The lowest BCUT2D eigenvalue weighted by Crippen LogP contribution is -2.13. The molecule has 0 spiro atoms. The van der Waals surface area contributed by atoms with Gasteiger partial charge in [-0.25, -0.2) is 0 Å². The Labute approximate surface area is 99.5 Å². The molecule has 1 heteroatoms. The number of rotatable bonds is 2. The van der Waals surface area contributed by atoms with Crippen LogP contribution in [0.5, 0.6) is 5.75 Å². The second kappa shape index (κ2) is 4.48. The van der Waals surface area contributed by atoms with Crippen LogP contribution in [-0.4, -0.2) is 5.11 Å². The van der Waals surface area contributed by atoms with Gasteiger partial charge in [-0.1, -0.05) is 53.7 Å². The summed E-state index contributed by atoms with van der Waals surface area (Å²) in [6.45, 7) is 12.8. The van der Waals surface area contributed by atoms with Crippen LogP contribution in [0.2, 0.25) is 0 Å². The van der Waals surface area contributed by atoms with Crippen molar-refractivity contribution in [1.29, 1.82) is 0 Å². The van der Waals surface area contributed by atoms with Crippen molar-refractivity contribution >= 4 is 0 Å². The van der Waals surface area contributed by atoms with Crippen LogP contribution in [0.4, 0.5) is 0 Å². The fourth-order valence-electron chi connectivity index (χ4n) is 1.93. The molecule has 1 aromatic carbocycles. The smallest absolute Gasteiger partial charge is 0.122 e. The van der Waals surface area contributed by atoms with Crippen molar-refractivity contribution in [2.45, 2.75) is 59.3 Å². The lowest BCUT2D eigenvalue weighted by atomic mass is 9.82. The molecule has 0 bridgehead atoms. The van der Waals surface area contributed by atoms with E-state index in [9.17, 15) is 5.11 Å². The van der Waals surface area contributed by atoms with Gasteiger partial charge in [-0.15, -0.1) is 0 Å². The van der Waals surface area contributed by atoms with Gasteiger partial charge in [-0.3, -0.25) is 0 Å². The average molecular weight is 220 g/mol. The molecule has 0 heterocycles. The van der Waals surface area contributed by atoms with Crippen LogP contribution in [0, 0.1) is 0 Å². The Bertz CT molecular complexity index is 370. The average Bonchev–Trinajstić information content (AvgIpc) is 2.15. The van der Waals surface area contributed by atoms with Crippen molar-refractivity contribution in [3.05, 3.63) is 28.8 Å². The van der Waals surface area contributed by atoms with Crippen molar-refractivity contribution in [2.24, 2.45) is 0 Å². The molecule has 1 N–H and O–H groups in total. The third kappa shape index (κ3) is 2.58. The molecule has 0 radical (unpaired) electrons. The molecule has 0 saturated carbocycles. The zero-order valence-electron chi connectivity index (χ0n) is 11.4. The van der Waals surface area contributed by atoms with Gasteiger partial charge in [-0.2, -0.15) is 0 Å². The van der Waals surface area contributed by atoms with E-state index in [0.29, 0.717) is 11.7 Å². The van der Waals surface area contributed by atoms with Gasteiger partial charge in [0.2, 0.25) is 0 Å². The minimum absolute atomic E-state index is 0.00109. The molecule has 90 valence electrons. The molecule has 0 aliphatic carbocycles. The summed E-state index contributed by atoms with van der Waals surface area (Å²) in [4.78, 5) is 0. The van der Waals surface area contributed by atoms with Gasteiger partial charge in [0.25, 0.3) is 0 Å². The van der Waals surface area contributed by atoms with Crippen molar-refractivity contribution in [1.82, 2.24) is 0 Å². The molecular weight excluding hydrogens is 196 g/mol. The number of hydrogen-bond acceptors (Lipinski definition) is 1. The highest BCUT2D eigenvalue weighted by Crippen LogP contribution is 2.37. The normalized spacial score (nSPS) is 12.2. The Kier molecular flexibility index (Phi) is 3.67. The molecule has 0 aliphatic rings. The largest absolute Gasteiger partial charge is 0.507 e. The van der Waals surface area contributed by atoms with Crippen molar-refractivity contribution in [3.8, 4) is 5.75 Å². The zero-order chi connectivity index (χ0) is 12.5. The lowest BCUT2D eigenvalue weighted by molar-refractivity contribution is 0.437. The summed E-state index contributed by atoms with van der Waals surface area (Å²) < 4.78 is 0. The zero-order valence-corrected chi connectivity index (χ0v) is 11.4. The summed E-state index contributed by atoms with van der Waals surface area (Å²) in [6, 6.07) is 4.27. The van der Waals surface area contributed by atoms with Gasteiger partial charge in [0.05, 0.1) is 0 Å². The predicted octanol–water partition coefficient (Wildman–Crippen LogP) is 4.38. The van der Waals surface area contributed by atoms with E-state index >= 15 is 0 Å². The molecule has 0 aromatic heterocycles. The van der Waals surface area contributed by atoms with Crippen LogP contribution in [0.15, 0.2) is 12.1 Å². The first kappa shape index (κ1) is 13.1. The first-order valence-corrected chi connectivity index (χ1v) is 6.13. The molecular formula is C15H24O. The van der Waals surface area contributed by atoms with Crippen LogP contribution in [-0.2, 0) is 11.8 Å². The monoisotopic (exact) mass is 220 g/mol. The Morgan fingerprint density at radius 2 is 1.75 bits per heavy atom. The van der Waals surface area contributed by atoms with E-state index in [1.165, 1.54) is 5.56 Å². The van der Waals surface area contributed by atoms with Crippen LogP contribution < -0.4 is 0 Å². The summed E-state index contributed by atoms with van der Waals surface area (Å²) in [6.07, 6.45) is 1.02. The summed E-state index contributed by atoms with van der Waals surface area (Å²) in [5, 5.41) is 10.3. The quantitative estimate of drug-likeness (QED) is 0.784. The van der Waals surface area contributed by atoms with E-state index in [2.05, 4.69) is 53.7 Å². The Hall–Kier alpha value is -0.980. The number of phenols is 1. The van der Waals surface area contributed by atoms with Crippen LogP contribution >= 0.6 is 0 Å². The lowest BCUT2D eigenvalue weighted by Gasteiger charge is -2.24. The molecule has 0 saturated heterocycles. The molecule has 0 fully saturated rings. The Morgan fingerprint density at radius 3 is 2.12 bits per heavy atom. The highest BCUT2D eigenvalue weighted by molar-refractivity contribution is 5.48. The number of phenolic OH excluding ortho intramolecular Hbond substituents is 1. The van der Waals surface area contributed by atoms with Crippen molar-refractivity contribution in [2.75, 3.05) is 0 Å². The third-order valence-corrected chi connectivity index (χ3v) is 3.04. The standard InChI is InChI=1S/C15H24O/c1-7-11-8-12(10(2)3)14(16)13(9-11)15(4,5)6/h8-10,16H,7H2,1-6H3. The Morgan fingerprint density at radius 1 is 1.19 bits per heavy atom. The number of hydrogen-bond donors (Lipinski definition) is 1. The fourth-order valence-corrected chi connectivity index (χ4v) is 1.93. The first-order valence-electron chi connectivity index (χ1n) is 6.13. The molecule has 0 unspecified atom stereocenters. The maximum atomic E-state index is 10.3. The molecule has 1 rings (SSSR count). The molecule has 16 heavy (non-hydrogen) atoms. The third-order valence-electron chi connectivity index (χ3n) is 3.04. The summed E-state index contributed by atoms with van der Waals surface area (Å²) in [7, 11) is 0. The van der Waals surface area contributed by atoms with E-state index in [1.807, 2.05) is 0 Å². The second-order valence-electron chi connectivity index (χ2n) is 5.84. The van der Waals surface area contributed by atoms with Gasteiger partial charge in [-0.05, 0) is 34.4 Å². The minimum atomic E-state index is -0.00109. The maximum Gasteiger partial charge on any atom is 0.122 e. The fraction of sp³-hybridized carbons (Fsp3) is 0.600. The van der Waals surface area contributed by atoms with Crippen molar-refractivity contribution in [3.63, 3.8) is 0 Å². The molecule has 0 atom stereocenters. The van der Waals surface area contributed by atoms with Crippen LogP contribution in [0.25, 0.3) is 0 Å². The summed E-state index contributed by atoms with van der Waals surface area (Å²) in [5.74, 6) is 0.854. The first-order chi connectivity index (χ1) is 7.27. The van der Waals surface area contributed by atoms with E-state index in [-0.39, 0.29) is 5.41 Å². The van der Waals surface area contributed by atoms with Crippen molar-refractivity contribution < 1.29 is 5.11 Å². The number of aryl methyl sites for hydroxylation is 1. The maximum absolute atomic E-state index is 10.3. The molecule has 1 aromatic rings. The number of aromatic hydroxyl groups is 1. The SMILES string of the molecule is CCc1cc(C(C)C)c(O)c(C(C)(C)C)c1. The van der Waals surface area contributed by atoms with Gasteiger partial charge < -0.3 is 5.11 Å². The summed E-state index contributed by atoms with van der Waals surface area (Å²) >= 11 is 0. The van der Waals surface area contributed by atoms with E-state index in [1.54, 1.807) is 0 Å². The van der Waals surface area contributed by atoms with E-state index in [0.717, 1.165) is 17.5 Å². The second-order valence-corrected chi connectivity index (χ2v) is 5.84. The van der Waals surface area contributed by atoms with E-state index < -0.39 is 0 Å². The van der Waals surface area contributed by atoms with Gasteiger partial charge in [0.1, 0.15) is 5.75 Å².